The van der Waals surface area contributed by atoms with E-state index in [0.29, 0.717) is 5.38 Å². The van der Waals surface area contributed by atoms with Gasteiger partial charge in [-0.25, -0.2) is 0 Å². The maximum absolute atomic E-state index is 6.03. The first-order valence-electron chi connectivity index (χ1n) is 5.08. The van der Waals surface area contributed by atoms with E-state index < -0.39 is 0 Å². The third-order valence-corrected chi connectivity index (χ3v) is 3.68. The van der Waals surface area contributed by atoms with Crippen molar-refractivity contribution in [2.45, 2.75) is 44.4 Å². The van der Waals surface area contributed by atoms with Gasteiger partial charge in [0.05, 0.1) is 0 Å². The van der Waals surface area contributed by atoms with Crippen LogP contribution in [-0.4, -0.2) is 5.38 Å². The third kappa shape index (κ3) is 1.69. The van der Waals surface area contributed by atoms with Gasteiger partial charge in [-0.05, 0) is 43.9 Å². The molecule has 0 spiro atoms. The van der Waals surface area contributed by atoms with Crippen molar-refractivity contribution in [2.75, 3.05) is 0 Å². The molecule has 0 aromatic carbocycles. The van der Waals surface area contributed by atoms with Gasteiger partial charge in [0, 0.05) is 5.38 Å². The summed E-state index contributed by atoms with van der Waals surface area (Å²) in [5.41, 5.74) is 1.71. The average Bonchev–Trinajstić information content (AvgIpc) is 2.01. The van der Waals surface area contributed by atoms with E-state index in [4.69, 9.17) is 11.6 Å². The minimum absolute atomic E-state index is 0.422. The molecule has 1 atom stereocenters. The van der Waals surface area contributed by atoms with Gasteiger partial charge in [-0.1, -0.05) is 18.6 Å². The molecule has 68 valence electrons. The van der Waals surface area contributed by atoms with Gasteiger partial charge < -0.3 is 0 Å². The second-order valence-electron chi connectivity index (χ2n) is 4.42. The molecule has 1 heteroatoms. The standard InChI is InChI=1S/C11H17Cl/c1-8-6-10(7-8)9-2-4-11(12)5-3-9/h2,8,10-11H,3-7H2,1H3/t8?,10?,11-/m0/s1. The topological polar surface area (TPSA) is 0 Å². The highest BCUT2D eigenvalue weighted by Crippen LogP contribution is 2.41. The van der Waals surface area contributed by atoms with Gasteiger partial charge in [0.15, 0.2) is 0 Å². The Morgan fingerprint density at radius 2 is 2.17 bits per heavy atom. The Bertz CT molecular complexity index is 189. The first-order valence-corrected chi connectivity index (χ1v) is 5.52. The summed E-state index contributed by atoms with van der Waals surface area (Å²) in [6.07, 6.45) is 8.85. The van der Waals surface area contributed by atoms with Crippen LogP contribution in [0.5, 0.6) is 0 Å². The number of alkyl halides is 1. The summed E-state index contributed by atoms with van der Waals surface area (Å²) < 4.78 is 0. The van der Waals surface area contributed by atoms with E-state index >= 15 is 0 Å². The van der Waals surface area contributed by atoms with Crippen molar-refractivity contribution < 1.29 is 0 Å². The quantitative estimate of drug-likeness (QED) is 0.430. The van der Waals surface area contributed by atoms with Crippen molar-refractivity contribution in [1.82, 2.24) is 0 Å². The summed E-state index contributed by atoms with van der Waals surface area (Å²) in [5, 5.41) is 0.422. The van der Waals surface area contributed by atoms with Gasteiger partial charge in [-0.3, -0.25) is 0 Å². The van der Waals surface area contributed by atoms with Crippen molar-refractivity contribution in [3.8, 4) is 0 Å². The van der Waals surface area contributed by atoms with E-state index in [1.165, 1.54) is 25.7 Å². The molecule has 0 nitrogen and oxygen atoms in total. The lowest BCUT2D eigenvalue weighted by Crippen LogP contribution is -2.24. The van der Waals surface area contributed by atoms with Gasteiger partial charge in [-0.2, -0.15) is 0 Å². The van der Waals surface area contributed by atoms with Gasteiger partial charge in [0.1, 0.15) is 0 Å². The van der Waals surface area contributed by atoms with Crippen LogP contribution in [0, 0.1) is 11.8 Å². The van der Waals surface area contributed by atoms with Crippen LogP contribution in [-0.2, 0) is 0 Å². The number of hydrogen-bond donors (Lipinski definition) is 0. The third-order valence-electron chi connectivity index (χ3n) is 3.28. The zero-order chi connectivity index (χ0) is 8.55. The monoisotopic (exact) mass is 184 g/mol. The van der Waals surface area contributed by atoms with Crippen molar-refractivity contribution in [2.24, 2.45) is 11.8 Å². The molecule has 0 bridgehead atoms. The highest BCUT2D eigenvalue weighted by Gasteiger charge is 2.29. The Morgan fingerprint density at radius 1 is 1.42 bits per heavy atom. The zero-order valence-corrected chi connectivity index (χ0v) is 8.48. The van der Waals surface area contributed by atoms with E-state index in [1.807, 2.05) is 0 Å². The van der Waals surface area contributed by atoms with Crippen LogP contribution in [0.25, 0.3) is 0 Å². The summed E-state index contributed by atoms with van der Waals surface area (Å²) in [5.74, 6) is 1.91. The van der Waals surface area contributed by atoms with E-state index in [0.717, 1.165) is 18.3 Å². The highest BCUT2D eigenvalue weighted by molar-refractivity contribution is 6.20. The number of rotatable bonds is 1. The van der Waals surface area contributed by atoms with E-state index in [-0.39, 0.29) is 0 Å². The molecule has 0 aromatic rings. The lowest BCUT2D eigenvalue weighted by Gasteiger charge is -2.36. The summed E-state index contributed by atoms with van der Waals surface area (Å²) in [6.45, 7) is 2.35. The van der Waals surface area contributed by atoms with Gasteiger partial charge in [0.25, 0.3) is 0 Å². The van der Waals surface area contributed by atoms with E-state index in [9.17, 15) is 0 Å². The molecule has 2 aliphatic rings. The molecule has 0 saturated heterocycles. The number of halogens is 1. The fourth-order valence-corrected chi connectivity index (χ4v) is 2.60. The summed E-state index contributed by atoms with van der Waals surface area (Å²) in [7, 11) is 0. The van der Waals surface area contributed by atoms with Crippen LogP contribution < -0.4 is 0 Å². The van der Waals surface area contributed by atoms with Crippen LogP contribution in [0.15, 0.2) is 11.6 Å². The molecule has 2 aliphatic carbocycles. The van der Waals surface area contributed by atoms with Gasteiger partial charge >= 0.3 is 0 Å². The van der Waals surface area contributed by atoms with Crippen LogP contribution >= 0.6 is 11.6 Å². The summed E-state index contributed by atoms with van der Waals surface area (Å²) >= 11 is 6.03. The van der Waals surface area contributed by atoms with Crippen LogP contribution in [0.4, 0.5) is 0 Å². The lowest BCUT2D eigenvalue weighted by atomic mass is 9.70. The van der Waals surface area contributed by atoms with Crippen molar-refractivity contribution in [1.29, 1.82) is 0 Å². The Morgan fingerprint density at radius 3 is 2.67 bits per heavy atom. The van der Waals surface area contributed by atoms with Crippen LogP contribution in [0.1, 0.15) is 39.0 Å². The zero-order valence-electron chi connectivity index (χ0n) is 7.72. The highest BCUT2D eigenvalue weighted by atomic mass is 35.5. The van der Waals surface area contributed by atoms with Gasteiger partial charge in [0.2, 0.25) is 0 Å². The minimum Gasteiger partial charge on any atom is -0.123 e. The summed E-state index contributed by atoms with van der Waals surface area (Å²) in [4.78, 5) is 0. The molecule has 0 unspecified atom stereocenters. The molecule has 1 fully saturated rings. The molecular formula is C11H17Cl. The number of allylic oxidation sites excluding steroid dienone is 2. The largest absolute Gasteiger partial charge is 0.123 e. The predicted molar refractivity (Wildman–Crippen MR) is 53.5 cm³/mol. The molecule has 0 N–H and O–H groups in total. The van der Waals surface area contributed by atoms with Crippen LogP contribution in [0.3, 0.4) is 0 Å². The number of hydrogen-bond acceptors (Lipinski definition) is 0. The molecule has 0 radical (unpaired) electrons. The molecule has 1 saturated carbocycles. The minimum atomic E-state index is 0.422. The van der Waals surface area contributed by atoms with Crippen molar-refractivity contribution in [3.05, 3.63) is 11.6 Å². The first-order chi connectivity index (χ1) is 5.75. The van der Waals surface area contributed by atoms with Crippen molar-refractivity contribution >= 4 is 11.6 Å². The van der Waals surface area contributed by atoms with Crippen molar-refractivity contribution in [3.63, 3.8) is 0 Å². The Kier molecular flexibility index (Phi) is 2.45. The summed E-state index contributed by atoms with van der Waals surface area (Å²) in [6, 6.07) is 0. The second kappa shape index (κ2) is 3.41. The average molecular weight is 185 g/mol. The van der Waals surface area contributed by atoms with Gasteiger partial charge in [-0.15, -0.1) is 11.6 Å². The fourth-order valence-electron chi connectivity index (χ4n) is 2.40. The molecule has 2 rings (SSSR count). The lowest BCUT2D eigenvalue weighted by molar-refractivity contribution is 0.241. The maximum Gasteiger partial charge on any atom is 0.0373 e. The van der Waals surface area contributed by atoms with Crippen LogP contribution in [0.2, 0.25) is 0 Å². The molecule has 0 heterocycles. The molecule has 0 aliphatic heterocycles. The normalized spacial score (nSPS) is 41.8. The smallest absolute Gasteiger partial charge is 0.0373 e. The Labute approximate surface area is 80.0 Å². The maximum atomic E-state index is 6.03. The SMILES string of the molecule is CC1CC(C2=CC[C@H](Cl)CC2)C1. The molecule has 12 heavy (non-hydrogen) atoms. The molecular weight excluding hydrogens is 168 g/mol. The van der Waals surface area contributed by atoms with E-state index in [2.05, 4.69) is 13.0 Å². The molecule has 0 amide bonds. The fraction of sp³-hybridized carbons (Fsp3) is 0.818. The second-order valence-corrected chi connectivity index (χ2v) is 5.04. The first kappa shape index (κ1) is 8.62. The Hall–Kier alpha value is 0.0300. The Balaban J connectivity index is 1.89. The molecule has 0 aromatic heterocycles. The van der Waals surface area contributed by atoms with E-state index in [1.54, 1.807) is 5.57 Å². The predicted octanol–water partition coefficient (Wildman–Crippen LogP) is 3.75.